The lowest BCUT2D eigenvalue weighted by atomic mass is 9.85. The van der Waals surface area contributed by atoms with Crippen LogP contribution < -0.4 is 0 Å². The first-order valence-corrected chi connectivity index (χ1v) is 12.3. The van der Waals surface area contributed by atoms with Gasteiger partial charge in [0, 0.05) is 47.6 Å². The van der Waals surface area contributed by atoms with Gasteiger partial charge in [-0.3, -0.25) is 4.90 Å². The minimum Gasteiger partial charge on any atom is -0.381 e. The highest BCUT2D eigenvalue weighted by Crippen LogP contribution is 2.38. The van der Waals surface area contributed by atoms with Crippen molar-refractivity contribution < 1.29 is 27.1 Å². The molecule has 1 aliphatic heterocycles. The Kier molecular flexibility index (Phi) is 6.59. The van der Waals surface area contributed by atoms with Crippen LogP contribution in [0, 0.1) is 11.6 Å². The van der Waals surface area contributed by atoms with Crippen LogP contribution in [0.4, 0.5) is 22.0 Å². The molecule has 0 bridgehead atoms. The number of fused-ring (bicyclic) bond motifs is 1. The summed E-state index contributed by atoms with van der Waals surface area (Å²) in [6.07, 6.45) is -1.26. The average Bonchev–Trinajstić information content (AvgIpc) is 3.52. The minimum atomic E-state index is -4.46. The van der Waals surface area contributed by atoms with E-state index >= 15 is 0 Å². The first kappa shape index (κ1) is 25.4. The summed E-state index contributed by atoms with van der Waals surface area (Å²) >= 11 is 1.29. The molecule has 0 spiro atoms. The molecule has 0 saturated carbocycles. The summed E-state index contributed by atoms with van der Waals surface area (Å²) < 4.78 is 69.5. The fraction of sp³-hybridized carbons (Fsp3) is 0.320. The van der Waals surface area contributed by atoms with Crippen molar-refractivity contribution in [2.24, 2.45) is 0 Å². The summed E-state index contributed by atoms with van der Waals surface area (Å²) in [4.78, 5) is 11.3. The van der Waals surface area contributed by atoms with Crippen molar-refractivity contribution >= 4 is 11.3 Å². The second-order valence-corrected chi connectivity index (χ2v) is 10.1. The van der Waals surface area contributed by atoms with Crippen LogP contribution in [-0.4, -0.2) is 42.3 Å². The zero-order chi connectivity index (χ0) is 26.4. The number of thiazole rings is 1. The highest BCUT2D eigenvalue weighted by molar-refractivity contribution is 7.15. The first-order chi connectivity index (χ1) is 17.5. The van der Waals surface area contributed by atoms with Crippen LogP contribution in [0.25, 0.3) is 10.6 Å². The smallest absolute Gasteiger partial charge is 0.381 e. The van der Waals surface area contributed by atoms with Gasteiger partial charge >= 0.3 is 6.18 Å². The van der Waals surface area contributed by atoms with E-state index in [2.05, 4.69) is 15.1 Å². The van der Waals surface area contributed by atoms with E-state index in [1.165, 1.54) is 40.8 Å². The van der Waals surface area contributed by atoms with Crippen molar-refractivity contribution in [1.82, 2.24) is 24.6 Å². The SMILES string of the molecule is C[C@@H](N1CCc2nc(-c3cccc(C(F)(F)F)c3)sc2C1)[C@](O)(Cn1cncn1)c1ccc(F)cc1F. The molecular formula is C25H22F5N5OS. The Bertz CT molecular complexity index is 1410. The highest BCUT2D eigenvalue weighted by atomic mass is 32.1. The molecular weight excluding hydrogens is 513 g/mol. The summed E-state index contributed by atoms with van der Waals surface area (Å²) in [5, 5.41) is 16.4. The maximum atomic E-state index is 14.9. The Hall–Kier alpha value is -3.22. The molecule has 3 heterocycles. The molecule has 12 heteroatoms. The van der Waals surface area contributed by atoms with Gasteiger partial charge in [0.15, 0.2) is 0 Å². The number of halogens is 5. The predicted molar refractivity (Wildman–Crippen MR) is 126 cm³/mol. The fourth-order valence-corrected chi connectivity index (χ4v) is 5.77. The van der Waals surface area contributed by atoms with Crippen molar-refractivity contribution in [3.63, 3.8) is 0 Å². The van der Waals surface area contributed by atoms with Crippen LogP contribution in [0.5, 0.6) is 0 Å². The van der Waals surface area contributed by atoms with Gasteiger partial charge < -0.3 is 5.11 Å². The second-order valence-electron chi connectivity index (χ2n) is 9.01. The molecule has 0 amide bonds. The molecule has 4 aromatic rings. The van der Waals surface area contributed by atoms with E-state index in [1.54, 1.807) is 13.0 Å². The molecule has 1 aliphatic rings. The van der Waals surface area contributed by atoms with Crippen molar-refractivity contribution in [3.05, 3.63) is 88.5 Å². The van der Waals surface area contributed by atoms with Crippen LogP contribution >= 0.6 is 11.3 Å². The van der Waals surface area contributed by atoms with Crippen LogP contribution in [0.2, 0.25) is 0 Å². The lowest BCUT2D eigenvalue weighted by Gasteiger charge is -2.42. The van der Waals surface area contributed by atoms with Gasteiger partial charge in [0.25, 0.3) is 0 Å². The van der Waals surface area contributed by atoms with Gasteiger partial charge in [0.05, 0.1) is 17.8 Å². The number of hydrogen-bond donors (Lipinski definition) is 1. The monoisotopic (exact) mass is 535 g/mol. The van der Waals surface area contributed by atoms with Gasteiger partial charge in [-0.25, -0.2) is 23.4 Å². The number of hydrogen-bond acceptors (Lipinski definition) is 6. The lowest BCUT2D eigenvalue weighted by Crippen LogP contribution is -2.53. The van der Waals surface area contributed by atoms with Gasteiger partial charge in [-0.05, 0) is 25.1 Å². The number of benzene rings is 2. The topological polar surface area (TPSA) is 67.1 Å². The molecule has 0 aliphatic carbocycles. The second kappa shape index (κ2) is 9.58. The van der Waals surface area contributed by atoms with Gasteiger partial charge in [-0.15, -0.1) is 11.3 Å². The van der Waals surface area contributed by atoms with Gasteiger partial charge in [0.2, 0.25) is 0 Å². The molecule has 2 aromatic heterocycles. The normalized spacial score (nSPS) is 16.8. The Morgan fingerprint density at radius 3 is 2.65 bits per heavy atom. The van der Waals surface area contributed by atoms with E-state index < -0.39 is 35.0 Å². The lowest BCUT2D eigenvalue weighted by molar-refractivity contribution is -0.137. The third-order valence-electron chi connectivity index (χ3n) is 6.70. The van der Waals surface area contributed by atoms with E-state index in [4.69, 9.17) is 0 Å². The predicted octanol–water partition coefficient (Wildman–Crippen LogP) is 5.03. The number of aromatic nitrogens is 4. The zero-order valence-corrected chi connectivity index (χ0v) is 20.4. The number of alkyl halides is 3. The van der Waals surface area contributed by atoms with Crippen molar-refractivity contribution in [3.8, 4) is 10.6 Å². The van der Waals surface area contributed by atoms with Gasteiger partial charge in [-0.1, -0.05) is 18.2 Å². The maximum Gasteiger partial charge on any atom is 0.416 e. The van der Waals surface area contributed by atoms with Gasteiger partial charge in [-0.2, -0.15) is 18.3 Å². The molecule has 1 N–H and O–H groups in total. The molecule has 0 saturated heterocycles. The van der Waals surface area contributed by atoms with Crippen molar-refractivity contribution in [1.29, 1.82) is 0 Å². The van der Waals surface area contributed by atoms with E-state index in [0.717, 1.165) is 34.8 Å². The van der Waals surface area contributed by atoms with E-state index in [0.29, 0.717) is 30.1 Å². The van der Waals surface area contributed by atoms with Crippen LogP contribution in [0.3, 0.4) is 0 Å². The molecule has 0 fully saturated rings. The largest absolute Gasteiger partial charge is 0.416 e. The summed E-state index contributed by atoms with van der Waals surface area (Å²) in [6, 6.07) is 7.45. The Labute approximate surface area is 213 Å². The first-order valence-electron chi connectivity index (χ1n) is 11.4. The number of rotatable bonds is 6. The standard InChI is InChI=1S/C25H22F5N5OS/c1-15(24(36,12-35-14-31-13-32-35)19-6-5-18(26)10-20(19)27)34-8-7-21-22(11-34)37-23(33-21)16-3-2-4-17(9-16)25(28,29)30/h2-6,9-10,13-15,36H,7-8,11-12H2,1H3/t15-,24-/m1/s1. The van der Waals surface area contributed by atoms with E-state index in [1.807, 2.05) is 4.90 Å². The van der Waals surface area contributed by atoms with E-state index in [9.17, 15) is 27.1 Å². The zero-order valence-electron chi connectivity index (χ0n) is 19.6. The fourth-order valence-electron chi connectivity index (χ4n) is 4.64. The molecule has 0 radical (unpaired) electrons. The number of nitrogens with zero attached hydrogens (tertiary/aromatic N) is 5. The quantitative estimate of drug-likeness (QED) is 0.351. The molecule has 37 heavy (non-hydrogen) atoms. The summed E-state index contributed by atoms with van der Waals surface area (Å²) in [5.74, 6) is -1.64. The van der Waals surface area contributed by atoms with Crippen LogP contribution in [0.15, 0.2) is 55.1 Å². The minimum absolute atomic E-state index is 0.0725. The van der Waals surface area contributed by atoms with Crippen LogP contribution in [0.1, 0.15) is 28.6 Å². The Balaban J connectivity index is 1.45. The molecule has 2 aromatic carbocycles. The van der Waals surface area contributed by atoms with Crippen LogP contribution in [-0.2, 0) is 31.3 Å². The third kappa shape index (κ3) is 5.00. The van der Waals surface area contributed by atoms with Crippen molar-refractivity contribution in [2.45, 2.75) is 44.3 Å². The average molecular weight is 536 g/mol. The van der Waals surface area contributed by atoms with Gasteiger partial charge in [0.1, 0.15) is 34.9 Å². The maximum absolute atomic E-state index is 14.9. The Morgan fingerprint density at radius 2 is 1.95 bits per heavy atom. The molecule has 194 valence electrons. The summed E-state index contributed by atoms with van der Waals surface area (Å²) in [7, 11) is 0. The molecule has 6 nitrogen and oxygen atoms in total. The third-order valence-corrected chi connectivity index (χ3v) is 7.84. The van der Waals surface area contributed by atoms with Crippen molar-refractivity contribution in [2.75, 3.05) is 6.54 Å². The molecule has 5 rings (SSSR count). The number of aliphatic hydroxyl groups is 1. The highest BCUT2D eigenvalue weighted by Gasteiger charge is 2.43. The molecule has 2 atom stereocenters. The Morgan fingerprint density at radius 1 is 1.14 bits per heavy atom. The summed E-state index contributed by atoms with van der Waals surface area (Å²) in [5.41, 5.74) is -1.44. The van der Waals surface area contributed by atoms with E-state index in [-0.39, 0.29) is 12.1 Å². The molecule has 0 unspecified atom stereocenters. The summed E-state index contributed by atoms with van der Waals surface area (Å²) in [6.45, 7) is 2.45.